The molecule has 2 rings (SSSR count). The van der Waals surface area contributed by atoms with Gasteiger partial charge in [-0.1, -0.05) is 55.8 Å². The van der Waals surface area contributed by atoms with Crippen LogP contribution in [0, 0.1) is 20.8 Å². The van der Waals surface area contributed by atoms with Gasteiger partial charge in [-0.25, -0.2) is 8.42 Å². The molecule has 0 saturated carbocycles. The average molecular weight is 516 g/mol. The third kappa shape index (κ3) is 8.36. The molecule has 0 saturated heterocycles. The van der Waals surface area contributed by atoms with E-state index in [1.165, 1.54) is 10.6 Å². The maximum absolute atomic E-state index is 13.5. The van der Waals surface area contributed by atoms with Crippen molar-refractivity contribution in [3.8, 4) is 0 Å². The van der Waals surface area contributed by atoms with Crippen LogP contribution in [0.25, 0.3) is 0 Å². The van der Waals surface area contributed by atoms with Crippen LogP contribution in [0.2, 0.25) is 0 Å². The van der Waals surface area contributed by atoms with Crippen LogP contribution in [0.3, 0.4) is 0 Å². The molecule has 0 spiro atoms. The number of hydrogen-bond donors (Lipinski definition) is 1. The minimum atomic E-state index is -3.53. The Hall–Kier alpha value is -2.87. The molecule has 0 bridgehead atoms. The molecule has 0 aliphatic carbocycles. The molecule has 0 aliphatic rings. The largest absolute Gasteiger partial charge is 0.354 e. The van der Waals surface area contributed by atoms with Crippen molar-refractivity contribution in [3.05, 3.63) is 64.7 Å². The summed E-state index contributed by atoms with van der Waals surface area (Å²) in [6.45, 7) is 10.8. The summed E-state index contributed by atoms with van der Waals surface area (Å²) >= 11 is 0. The fraction of sp³-hybridized carbons (Fsp3) is 0.500. The lowest BCUT2D eigenvalue weighted by Gasteiger charge is -2.31. The highest BCUT2D eigenvalue weighted by Gasteiger charge is 2.28. The first-order valence-electron chi connectivity index (χ1n) is 12.7. The van der Waals surface area contributed by atoms with Crippen molar-refractivity contribution in [2.24, 2.45) is 0 Å². The molecule has 0 fully saturated rings. The minimum Gasteiger partial charge on any atom is -0.354 e. The second-order valence-corrected chi connectivity index (χ2v) is 11.4. The Morgan fingerprint density at radius 3 is 2.19 bits per heavy atom. The quantitative estimate of drug-likeness (QED) is 0.426. The van der Waals surface area contributed by atoms with Gasteiger partial charge in [-0.15, -0.1) is 0 Å². The molecule has 36 heavy (non-hydrogen) atoms. The van der Waals surface area contributed by atoms with Gasteiger partial charge in [0, 0.05) is 26.1 Å². The number of carbonyl (C=O) groups excluding carboxylic acids is 2. The number of anilines is 1. The van der Waals surface area contributed by atoms with Gasteiger partial charge >= 0.3 is 0 Å². The van der Waals surface area contributed by atoms with Crippen LogP contribution in [-0.2, 0) is 26.2 Å². The first kappa shape index (κ1) is 29.4. The van der Waals surface area contributed by atoms with Crippen molar-refractivity contribution in [2.75, 3.05) is 23.7 Å². The van der Waals surface area contributed by atoms with Crippen molar-refractivity contribution >= 4 is 27.5 Å². The van der Waals surface area contributed by atoms with Crippen molar-refractivity contribution in [1.82, 2.24) is 10.2 Å². The normalized spacial score (nSPS) is 12.2. The summed E-state index contributed by atoms with van der Waals surface area (Å²) in [5.41, 5.74) is 4.53. The number of hydrogen-bond acceptors (Lipinski definition) is 4. The van der Waals surface area contributed by atoms with Crippen LogP contribution in [0.5, 0.6) is 0 Å². The van der Waals surface area contributed by atoms with Gasteiger partial charge in [0.25, 0.3) is 0 Å². The zero-order chi connectivity index (χ0) is 26.9. The summed E-state index contributed by atoms with van der Waals surface area (Å²) in [6.07, 6.45) is 2.97. The number of nitrogens with zero attached hydrogens (tertiary/aromatic N) is 2. The molecule has 2 amide bonds. The molecular weight excluding hydrogens is 474 g/mol. The van der Waals surface area contributed by atoms with Gasteiger partial charge in [-0.2, -0.15) is 0 Å². The summed E-state index contributed by atoms with van der Waals surface area (Å²) in [6, 6.07) is 13.0. The first-order valence-corrected chi connectivity index (χ1v) is 14.5. The number of sulfonamides is 1. The number of nitrogens with one attached hydrogen (secondary N) is 1. The molecule has 2 aromatic rings. The summed E-state index contributed by atoms with van der Waals surface area (Å²) in [5, 5.41) is 2.92. The summed E-state index contributed by atoms with van der Waals surface area (Å²) in [5.74, 6) is -0.323. The second-order valence-electron chi connectivity index (χ2n) is 9.45. The lowest BCUT2D eigenvalue weighted by atomic mass is 10.1. The van der Waals surface area contributed by atoms with E-state index in [1.54, 1.807) is 4.90 Å². The molecule has 1 N–H and O–H groups in total. The Morgan fingerprint density at radius 2 is 1.61 bits per heavy atom. The predicted octanol–water partition coefficient (Wildman–Crippen LogP) is 4.49. The summed E-state index contributed by atoms with van der Waals surface area (Å²) < 4.78 is 26.6. The Bertz CT molecular complexity index is 1130. The number of amides is 2. The van der Waals surface area contributed by atoms with Gasteiger partial charge in [0.15, 0.2) is 0 Å². The Kier molecular flexibility index (Phi) is 11.0. The molecule has 1 atom stereocenters. The maximum atomic E-state index is 13.5. The lowest BCUT2D eigenvalue weighted by Crippen LogP contribution is -2.49. The van der Waals surface area contributed by atoms with E-state index in [4.69, 9.17) is 0 Å². The minimum absolute atomic E-state index is 0.139. The van der Waals surface area contributed by atoms with Gasteiger partial charge in [0.2, 0.25) is 21.8 Å². The molecule has 0 aliphatic heterocycles. The van der Waals surface area contributed by atoms with Crippen LogP contribution in [-0.4, -0.2) is 50.5 Å². The van der Waals surface area contributed by atoms with E-state index >= 15 is 0 Å². The van der Waals surface area contributed by atoms with Gasteiger partial charge in [-0.05, 0) is 62.8 Å². The van der Waals surface area contributed by atoms with E-state index in [-0.39, 0.29) is 24.8 Å². The summed E-state index contributed by atoms with van der Waals surface area (Å²) in [4.78, 5) is 28.0. The van der Waals surface area contributed by atoms with Crippen LogP contribution in [0.15, 0.2) is 42.5 Å². The fourth-order valence-corrected chi connectivity index (χ4v) is 5.16. The monoisotopic (exact) mass is 515 g/mol. The standard InChI is InChI=1S/C28H41N3O4S/c1-7-17-29-28(33)25(8-2)30(20-24-15-12-21(3)13-16-24)27(32)10-9-18-31(36(6,34)35)26-19-22(4)11-14-23(26)5/h11-16,19,25H,7-10,17-18,20H2,1-6H3,(H,29,33)/t25-/m0/s1. The topological polar surface area (TPSA) is 86.8 Å². The molecule has 198 valence electrons. The number of rotatable bonds is 13. The SMILES string of the molecule is CCCNC(=O)[C@H](CC)N(Cc1ccc(C)cc1)C(=O)CCCN(c1cc(C)ccc1C)S(C)(=O)=O. The number of benzene rings is 2. The third-order valence-electron chi connectivity index (χ3n) is 6.19. The molecular formula is C28H41N3O4S. The van der Waals surface area contributed by atoms with E-state index in [0.717, 1.165) is 28.7 Å². The second kappa shape index (κ2) is 13.4. The third-order valence-corrected chi connectivity index (χ3v) is 7.37. The predicted molar refractivity (Wildman–Crippen MR) is 146 cm³/mol. The van der Waals surface area contributed by atoms with Gasteiger partial charge in [0.1, 0.15) is 6.04 Å². The van der Waals surface area contributed by atoms with E-state index < -0.39 is 16.1 Å². The fourth-order valence-electron chi connectivity index (χ4n) is 4.15. The maximum Gasteiger partial charge on any atom is 0.242 e. The van der Waals surface area contributed by atoms with Gasteiger partial charge < -0.3 is 10.2 Å². The van der Waals surface area contributed by atoms with Crippen molar-refractivity contribution in [1.29, 1.82) is 0 Å². The van der Waals surface area contributed by atoms with Crippen molar-refractivity contribution in [3.63, 3.8) is 0 Å². The van der Waals surface area contributed by atoms with Crippen LogP contribution >= 0.6 is 0 Å². The van der Waals surface area contributed by atoms with Crippen LogP contribution in [0.4, 0.5) is 5.69 Å². The van der Waals surface area contributed by atoms with E-state index in [2.05, 4.69) is 5.32 Å². The Labute approximate surface area is 216 Å². The molecule has 0 radical (unpaired) electrons. The smallest absolute Gasteiger partial charge is 0.242 e. The number of carbonyl (C=O) groups is 2. The zero-order valence-electron chi connectivity index (χ0n) is 22.5. The van der Waals surface area contributed by atoms with Crippen LogP contribution < -0.4 is 9.62 Å². The Balaban J connectivity index is 2.23. The number of aryl methyl sites for hydroxylation is 3. The average Bonchev–Trinajstić information content (AvgIpc) is 2.82. The molecule has 0 aromatic heterocycles. The zero-order valence-corrected chi connectivity index (χ0v) is 23.3. The van der Waals surface area contributed by atoms with Crippen LogP contribution in [0.1, 0.15) is 61.8 Å². The highest BCUT2D eigenvalue weighted by molar-refractivity contribution is 7.92. The Morgan fingerprint density at radius 1 is 0.972 bits per heavy atom. The summed E-state index contributed by atoms with van der Waals surface area (Å²) in [7, 11) is -3.53. The molecule has 8 heteroatoms. The highest BCUT2D eigenvalue weighted by Crippen LogP contribution is 2.25. The first-order chi connectivity index (χ1) is 17.0. The van der Waals surface area contributed by atoms with Crippen molar-refractivity contribution < 1.29 is 18.0 Å². The van der Waals surface area contributed by atoms with Crippen molar-refractivity contribution in [2.45, 2.75) is 72.9 Å². The molecule has 2 aromatic carbocycles. The molecule has 0 heterocycles. The lowest BCUT2D eigenvalue weighted by molar-refractivity contribution is -0.141. The highest BCUT2D eigenvalue weighted by atomic mass is 32.2. The van der Waals surface area contributed by atoms with E-state index in [0.29, 0.717) is 31.6 Å². The molecule has 7 nitrogen and oxygen atoms in total. The van der Waals surface area contributed by atoms with E-state index in [1.807, 2.05) is 77.1 Å². The van der Waals surface area contributed by atoms with E-state index in [9.17, 15) is 18.0 Å². The van der Waals surface area contributed by atoms with Gasteiger partial charge in [-0.3, -0.25) is 13.9 Å². The van der Waals surface area contributed by atoms with Gasteiger partial charge in [0.05, 0.1) is 11.9 Å². The molecule has 0 unspecified atom stereocenters.